The molecule has 0 aromatic heterocycles. The second kappa shape index (κ2) is 5.41. The minimum atomic E-state index is -0.192. The van der Waals surface area contributed by atoms with E-state index >= 15 is 0 Å². The molecule has 0 radical (unpaired) electrons. The van der Waals surface area contributed by atoms with Crippen LogP contribution >= 0.6 is 0 Å². The molecule has 3 heteroatoms. The molecular weight excluding hydrogens is 205 g/mol. The summed E-state index contributed by atoms with van der Waals surface area (Å²) in [5.74, 6) is 0.401. The maximum atomic E-state index is 12.6. The Labute approximate surface area is 95.5 Å². The van der Waals surface area contributed by atoms with Crippen molar-refractivity contribution in [1.29, 1.82) is 0 Å². The van der Waals surface area contributed by atoms with Crippen molar-refractivity contribution in [3.8, 4) is 0 Å². The van der Waals surface area contributed by atoms with Crippen molar-refractivity contribution in [3.05, 3.63) is 35.6 Å². The highest BCUT2D eigenvalue weighted by Crippen LogP contribution is 2.24. The Bertz CT molecular complexity index is 325. The number of hydrogen-bond acceptors (Lipinski definition) is 2. The first-order valence-electron chi connectivity index (χ1n) is 5.87. The molecule has 0 amide bonds. The molecule has 0 spiro atoms. The molecule has 88 valence electrons. The van der Waals surface area contributed by atoms with E-state index in [0.717, 1.165) is 37.9 Å². The van der Waals surface area contributed by atoms with Crippen LogP contribution in [-0.2, 0) is 6.54 Å². The summed E-state index contributed by atoms with van der Waals surface area (Å²) in [6.07, 6.45) is 2.86. The SMILES string of the molecule is OC1CCC(CNCc2ccc(F)cc2)C1. The van der Waals surface area contributed by atoms with E-state index in [0.29, 0.717) is 5.92 Å². The number of benzene rings is 1. The lowest BCUT2D eigenvalue weighted by Gasteiger charge is -2.10. The number of nitrogens with one attached hydrogen (secondary N) is 1. The lowest BCUT2D eigenvalue weighted by atomic mass is 10.1. The Hall–Kier alpha value is -0.930. The summed E-state index contributed by atoms with van der Waals surface area (Å²) in [5.41, 5.74) is 1.10. The largest absolute Gasteiger partial charge is 0.393 e. The van der Waals surface area contributed by atoms with Crippen LogP contribution in [0.25, 0.3) is 0 Å². The summed E-state index contributed by atoms with van der Waals surface area (Å²) in [4.78, 5) is 0. The number of aliphatic hydroxyl groups excluding tert-OH is 1. The van der Waals surface area contributed by atoms with Gasteiger partial charge in [-0.3, -0.25) is 0 Å². The predicted octanol–water partition coefficient (Wildman–Crippen LogP) is 2.08. The van der Waals surface area contributed by atoms with Gasteiger partial charge in [-0.2, -0.15) is 0 Å². The molecule has 2 atom stereocenters. The summed E-state index contributed by atoms with van der Waals surface area (Å²) in [7, 11) is 0. The second-order valence-electron chi connectivity index (χ2n) is 4.59. The molecule has 0 aliphatic heterocycles. The van der Waals surface area contributed by atoms with Gasteiger partial charge in [-0.1, -0.05) is 12.1 Å². The first-order valence-corrected chi connectivity index (χ1v) is 5.87. The van der Waals surface area contributed by atoms with Crippen molar-refractivity contribution < 1.29 is 9.50 Å². The van der Waals surface area contributed by atoms with E-state index in [9.17, 15) is 9.50 Å². The van der Waals surface area contributed by atoms with Crippen molar-refractivity contribution in [3.63, 3.8) is 0 Å². The van der Waals surface area contributed by atoms with E-state index in [2.05, 4.69) is 5.32 Å². The molecule has 0 heterocycles. The van der Waals surface area contributed by atoms with Gasteiger partial charge in [0.25, 0.3) is 0 Å². The molecule has 2 unspecified atom stereocenters. The number of rotatable bonds is 4. The molecule has 1 aliphatic rings. The first-order chi connectivity index (χ1) is 7.74. The zero-order valence-corrected chi connectivity index (χ0v) is 9.32. The fourth-order valence-electron chi connectivity index (χ4n) is 2.26. The van der Waals surface area contributed by atoms with Gasteiger partial charge in [0.2, 0.25) is 0 Å². The van der Waals surface area contributed by atoms with Crippen molar-refractivity contribution >= 4 is 0 Å². The van der Waals surface area contributed by atoms with Crippen LogP contribution in [0.2, 0.25) is 0 Å². The third-order valence-electron chi connectivity index (χ3n) is 3.19. The summed E-state index contributed by atoms with van der Waals surface area (Å²) in [5, 5.41) is 12.7. The van der Waals surface area contributed by atoms with Crippen LogP contribution in [0.3, 0.4) is 0 Å². The van der Waals surface area contributed by atoms with Crippen LogP contribution < -0.4 is 5.32 Å². The van der Waals surface area contributed by atoms with Crippen molar-refractivity contribution in [2.24, 2.45) is 5.92 Å². The highest BCUT2D eigenvalue weighted by molar-refractivity contribution is 5.15. The molecule has 2 nitrogen and oxygen atoms in total. The molecule has 0 bridgehead atoms. The molecular formula is C13H18FNO. The van der Waals surface area contributed by atoms with Crippen LogP contribution in [0.5, 0.6) is 0 Å². The van der Waals surface area contributed by atoms with E-state index in [1.54, 1.807) is 12.1 Å². The highest BCUT2D eigenvalue weighted by atomic mass is 19.1. The van der Waals surface area contributed by atoms with Gasteiger partial charge in [-0.25, -0.2) is 4.39 Å². The van der Waals surface area contributed by atoms with Gasteiger partial charge in [0.1, 0.15) is 5.82 Å². The summed E-state index contributed by atoms with van der Waals surface area (Å²) >= 11 is 0. The van der Waals surface area contributed by atoms with Gasteiger partial charge in [0.05, 0.1) is 6.10 Å². The van der Waals surface area contributed by atoms with Gasteiger partial charge >= 0.3 is 0 Å². The van der Waals surface area contributed by atoms with E-state index in [4.69, 9.17) is 0 Å². The van der Waals surface area contributed by atoms with Gasteiger partial charge < -0.3 is 10.4 Å². The maximum Gasteiger partial charge on any atom is 0.123 e. The molecule has 0 saturated heterocycles. The normalized spacial score (nSPS) is 24.9. The molecule has 1 aromatic carbocycles. The Balaban J connectivity index is 1.70. The fourth-order valence-corrected chi connectivity index (χ4v) is 2.26. The topological polar surface area (TPSA) is 32.3 Å². The van der Waals surface area contributed by atoms with Gasteiger partial charge in [-0.05, 0) is 49.4 Å². The second-order valence-corrected chi connectivity index (χ2v) is 4.59. The monoisotopic (exact) mass is 223 g/mol. The van der Waals surface area contributed by atoms with Crippen LogP contribution in [0, 0.1) is 11.7 Å². The van der Waals surface area contributed by atoms with Gasteiger partial charge in [-0.15, -0.1) is 0 Å². The van der Waals surface area contributed by atoms with E-state index < -0.39 is 0 Å². The number of halogens is 1. The minimum absolute atomic E-state index is 0.0994. The maximum absolute atomic E-state index is 12.6. The molecule has 16 heavy (non-hydrogen) atoms. The molecule has 2 N–H and O–H groups in total. The van der Waals surface area contributed by atoms with Crippen LogP contribution in [-0.4, -0.2) is 17.8 Å². The molecule has 1 aromatic rings. The van der Waals surface area contributed by atoms with Crippen LogP contribution in [0.4, 0.5) is 4.39 Å². The van der Waals surface area contributed by atoms with Gasteiger partial charge in [0, 0.05) is 6.54 Å². The molecule has 2 rings (SSSR count). The van der Waals surface area contributed by atoms with Crippen molar-refractivity contribution in [1.82, 2.24) is 5.32 Å². The van der Waals surface area contributed by atoms with Crippen molar-refractivity contribution in [2.45, 2.75) is 31.9 Å². The Morgan fingerprint density at radius 2 is 2.00 bits per heavy atom. The Kier molecular flexibility index (Phi) is 3.91. The average Bonchev–Trinajstić information content (AvgIpc) is 2.67. The Morgan fingerprint density at radius 1 is 1.25 bits per heavy atom. The lowest BCUT2D eigenvalue weighted by molar-refractivity contribution is 0.177. The standard InChI is InChI=1S/C13H18FNO/c14-12-4-1-10(2-5-12)8-15-9-11-3-6-13(16)7-11/h1-2,4-5,11,13,15-16H,3,6-9H2. The Morgan fingerprint density at radius 3 is 2.62 bits per heavy atom. The average molecular weight is 223 g/mol. The lowest BCUT2D eigenvalue weighted by Crippen LogP contribution is -2.21. The summed E-state index contributed by atoms with van der Waals surface area (Å²) in [6, 6.07) is 6.56. The minimum Gasteiger partial charge on any atom is -0.393 e. The number of aliphatic hydroxyl groups is 1. The van der Waals surface area contributed by atoms with E-state index in [1.165, 1.54) is 12.1 Å². The van der Waals surface area contributed by atoms with Crippen LogP contribution in [0.1, 0.15) is 24.8 Å². The molecule has 1 fully saturated rings. The molecule has 1 saturated carbocycles. The smallest absolute Gasteiger partial charge is 0.123 e. The highest BCUT2D eigenvalue weighted by Gasteiger charge is 2.21. The third-order valence-corrected chi connectivity index (χ3v) is 3.19. The van der Waals surface area contributed by atoms with Gasteiger partial charge in [0.15, 0.2) is 0 Å². The third kappa shape index (κ3) is 3.29. The number of hydrogen-bond donors (Lipinski definition) is 2. The zero-order valence-electron chi connectivity index (χ0n) is 9.32. The zero-order chi connectivity index (χ0) is 11.4. The summed E-state index contributed by atoms with van der Waals surface area (Å²) in [6.45, 7) is 1.71. The van der Waals surface area contributed by atoms with Crippen molar-refractivity contribution in [2.75, 3.05) is 6.54 Å². The van der Waals surface area contributed by atoms with E-state index in [-0.39, 0.29) is 11.9 Å². The fraction of sp³-hybridized carbons (Fsp3) is 0.538. The van der Waals surface area contributed by atoms with E-state index in [1.807, 2.05) is 0 Å². The molecule has 1 aliphatic carbocycles. The quantitative estimate of drug-likeness (QED) is 0.819. The first kappa shape index (κ1) is 11.6. The predicted molar refractivity (Wildman–Crippen MR) is 61.5 cm³/mol. The van der Waals surface area contributed by atoms with Crippen LogP contribution in [0.15, 0.2) is 24.3 Å². The summed E-state index contributed by atoms with van der Waals surface area (Å²) < 4.78 is 12.6.